The summed E-state index contributed by atoms with van der Waals surface area (Å²) >= 11 is 0. The molecule has 0 aromatic heterocycles. The van der Waals surface area contributed by atoms with Crippen molar-refractivity contribution >= 4 is 18.3 Å². The quantitative estimate of drug-likeness (QED) is 0.715. The van der Waals surface area contributed by atoms with Crippen LogP contribution in [0.4, 0.5) is 0 Å². The molecule has 1 rings (SSSR count). The van der Waals surface area contributed by atoms with Gasteiger partial charge < -0.3 is 20.5 Å². The van der Waals surface area contributed by atoms with E-state index in [-0.39, 0.29) is 24.4 Å². The normalized spacial score (nSPS) is 11.3. The fraction of sp³-hybridized carbons (Fsp3) is 0.500. The van der Waals surface area contributed by atoms with Crippen LogP contribution in [-0.4, -0.2) is 38.8 Å². The van der Waals surface area contributed by atoms with E-state index >= 15 is 0 Å². The topological polar surface area (TPSA) is 73.6 Å². The molecule has 0 aliphatic heterocycles. The largest absolute Gasteiger partial charge is 0.490 e. The van der Waals surface area contributed by atoms with Crippen molar-refractivity contribution < 1.29 is 14.3 Å². The molecule has 0 heterocycles. The number of carbonyl (C=O) groups is 1. The molecule has 0 saturated heterocycles. The number of rotatable bonds is 8. The standard InChI is InChI=1S/C14H22N2O3.ClH/c1-11(15)7-8-16-14(17)12-5-3-4-6-13(12)19-10-9-18-2;/h3-6,11H,7-10,15H2,1-2H3,(H,16,17);1H. The predicted molar refractivity (Wildman–Crippen MR) is 81.7 cm³/mol. The molecular formula is C14H23ClN2O3. The molecule has 0 radical (unpaired) electrons. The van der Waals surface area contributed by atoms with E-state index in [1.54, 1.807) is 19.2 Å². The number of ether oxygens (including phenoxy) is 2. The highest BCUT2D eigenvalue weighted by Crippen LogP contribution is 2.17. The van der Waals surface area contributed by atoms with E-state index in [4.69, 9.17) is 15.2 Å². The molecule has 0 spiro atoms. The van der Waals surface area contributed by atoms with Gasteiger partial charge in [0.25, 0.3) is 5.91 Å². The second-order valence-corrected chi connectivity index (χ2v) is 4.36. The predicted octanol–water partition coefficient (Wildman–Crippen LogP) is 1.60. The van der Waals surface area contributed by atoms with E-state index < -0.39 is 0 Å². The Hall–Kier alpha value is -1.30. The highest BCUT2D eigenvalue weighted by atomic mass is 35.5. The summed E-state index contributed by atoms with van der Waals surface area (Å²) in [6.07, 6.45) is 0.748. The molecule has 0 bridgehead atoms. The number of nitrogens with one attached hydrogen (secondary N) is 1. The molecule has 1 aromatic rings. The molecule has 3 N–H and O–H groups in total. The number of para-hydroxylation sites is 1. The highest BCUT2D eigenvalue weighted by Gasteiger charge is 2.11. The summed E-state index contributed by atoms with van der Waals surface area (Å²) in [5.41, 5.74) is 6.17. The summed E-state index contributed by atoms with van der Waals surface area (Å²) in [5, 5.41) is 2.83. The first-order valence-corrected chi connectivity index (χ1v) is 6.39. The van der Waals surface area contributed by atoms with Gasteiger partial charge in [0, 0.05) is 19.7 Å². The van der Waals surface area contributed by atoms with Crippen molar-refractivity contribution in [2.24, 2.45) is 5.73 Å². The summed E-state index contributed by atoms with van der Waals surface area (Å²) in [6.45, 7) is 3.37. The van der Waals surface area contributed by atoms with Crippen molar-refractivity contribution in [3.05, 3.63) is 29.8 Å². The number of carbonyl (C=O) groups excluding carboxylic acids is 1. The van der Waals surface area contributed by atoms with Crippen molar-refractivity contribution in [2.45, 2.75) is 19.4 Å². The number of amides is 1. The Bertz CT molecular complexity index is 400. The molecule has 0 saturated carbocycles. The zero-order valence-corrected chi connectivity index (χ0v) is 12.7. The fourth-order valence-corrected chi connectivity index (χ4v) is 1.52. The van der Waals surface area contributed by atoms with Crippen LogP contribution in [0.5, 0.6) is 5.75 Å². The van der Waals surface area contributed by atoms with E-state index in [1.165, 1.54) is 0 Å². The third-order valence-electron chi connectivity index (χ3n) is 2.56. The lowest BCUT2D eigenvalue weighted by molar-refractivity contribution is 0.0945. The van der Waals surface area contributed by atoms with E-state index in [0.29, 0.717) is 31.1 Å². The minimum absolute atomic E-state index is 0. The zero-order valence-electron chi connectivity index (χ0n) is 11.9. The highest BCUT2D eigenvalue weighted by molar-refractivity contribution is 5.96. The second kappa shape index (κ2) is 10.5. The molecule has 1 atom stereocenters. The summed E-state index contributed by atoms with van der Waals surface area (Å²) in [4.78, 5) is 12.0. The molecule has 6 heteroatoms. The van der Waals surface area contributed by atoms with Gasteiger partial charge >= 0.3 is 0 Å². The molecule has 0 aliphatic rings. The molecule has 1 amide bonds. The molecule has 0 fully saturated rings. The summed E-state index contributed by atoms with van der Waals surface area (Å²) in [5.74, 6) is 0.423. The van der Waals surface area contributed by atoms with Crippen LogP contribution in [0.3, 0.4) is 0 Å². The van der Waals surface area contributed by atoms with Gasteiger partial charge in [-0.2, -0.15) is 0 Å². The molecule has 1 unspecified atom stereocenters. The van der Waals surface area contributed by atoms with Gasteiger partial charge in [-0.05, 0) is 25.5 Å². The van der Waals surface area contributed by atoms with Crippen LogP contribution in [0.15, 0.2) is 24.3 Å². The van der Waals surface area contributed by atoms with E-state index in [9.17, 15) is 4.79 Å². The molecule has 0 aliphatic carbocycles. The van der Waals surface area contributed by atoms with Gasteiger partial charge in [0.2, 0.25) is 0 Å². The van der Waals surface area contributed by atoms with E-state index in [1.807, 2.05) is 19.1 Å². The van der Waals surface area contributed by atoms with Crippen LogP contribution >= 0.6 is 12.4 Å². The molecule has 1 aromatic carbocycles. The van der Waals surface area contributed by atoms with Crippen LogP contribution in [0.1, 0.15) is 23.7 Å². The van der Waals surface area contributed by atoms with Gasteiger partial charge in [-0.1, -0.05) is 12.1 Å². The lowest BCUT2D eigenvalue weighted by atomic mass is 10.2. The number of methoxy groups -OCH3 is 1. The average Bonchev–Trinajstić information content (AvgIpc) is 2.39. The lowest BCUT2D eigenvalue weighted by Crippen LogP contribution is -2.29. The molecule has 114 valence electrons. The third-order valence-corrected chi connectivity index (χ3v) is 2.56. The molecule has 5 nitrogen and oxygen atoms in total. The van der Waals surface area contributed by atoms with Gasteiger partial charge in [-0.15, -0.1) is 12.4 Å². The Morgan fingerprint density at radius 2 is 2.05 bits per heavy atom. The van der Waals surface area contributed by atoms with Crippen molar-refractivity contribution in [1.82, 2.24) is 5.32 Å². The van der Waals surface area contributed by atoms with Crippen LogP contribution in [0, 0.1) is 0 Å². The van der Waals surface area contributed by atoms with Crippen molar-refractivity contribution in [2.75, 3.05) is 26.9 Å². The monoisotopic (exact) mass is 302 g/mol. The summed E-state index contributed by atoms with van der Waals surface area (Å²) in [6, 6.07) is 7.23. The fourth-order valence-electron chi connectivity index (χ4n) is 1.52. The maximum absolute atomic E-state index is 12.0. The minimum Gasteiger partial charge on any atom is -0.490 e. The van der Waals surface area contributed by atoms with Gasteiger partial charge in [0.15, 0.2) is 0 Å². The maximum Gasteiger partial charge on any atom is 0.255 e. The number of hydrogen-bond acceptors (Lipinski definition) is 4. The number of nitrogens with two attached hydrogens (primary N) is 1. The van der Waals surface area contributed by atoms with E-state index in [2.05, 4.69) is 5.32 Å². The van der Waals surface area contributed by atoms with Gasteiger partial charge in [-0.3, -0.25) is 4.79 Å². The maximum atomic E-state index is 12.0. The number of hydrogen-bond donors (Lipinski definition) is 2. The minimum atomic E-state index is -0.145. The Kier molecular flexibility index (Phi) is 9.80. The first-order chi connectivity index (χ1) is 9.15. The summed E-state index contributed by atoms with van der Waals surface area (Å²) < 4.78 is 10.4. The van der Waals surface area contributed by atoms with Crippen LogP contribution in [-0.2, 0) is 4.74 Å². The van der Waals surface area contributed by atoms with Crippen LogP contribution in [0.25, 0.3) is 0 Å². The summed E-state index contributed by atoms with van der Waals surface area (Å²) in [7, 11) is 1.61. The van der Waals surface area contributed by atoms with Gasteiger partial charge in [0.1, 0.15) is 12.4 Å². The number of benzene rings is 1. The van der Waals surface area contributed by atoms with Crippen LogP contribution in [0.2, 0.25) is 0 Å². The molecule has 20 heavy (non-hydrogen) atoms. The Balaban J connectivity index is 0.00000361. The molecular weight excluding hydrogens is 280 g/mol. The third kappa shape index (κ3) is 6.75. The first kappa shape index (κ1) is 18.7. The van der Waals surface area contributed by atoms with Gasteiger partial charge in [0.05, 0.1) is 12.2 Å². The Morgan fingerprint density at radius 3 is 2.70 bits per heavy atom. The van der Waals surface area contributed by atoms with Crippen LogP contribution < -0.4 is 15.8 Å². The van der Waals surface area contributed by atoms with Crippen molar-refractivity contribution in [3.8, 4) is 5.75 Å². The first-order valence-electron chi connectivity index (χ1n) is 6.39. The van der Waals surface area contributed by atoms with E-state index in [0.717, 1.165) is 6.42 Å². The number of halogens is 1. The second-order valence-electron chi connectivity index (χ2n) is 4.36. The average molecular weight is 303 g/mol. The van der Waals surface area contributed by atoms with Crippen molar-refractivity contribution in [3.63, 3.8) is 0 Å². The van der Waals surface area contributed by atoms with Crippen molar-refractivity contribution in [1.29, 1.82) is 0 Å². The Labute approximate surface area is 126 Å². The van der Waals surface area contributed by atoms with Gasteiger partial charge in [-0.25, -0.2) is 0 Å². The Morgan fingerprint density at radius 1 is 1.35 bits per heavy atom. The zero-order chi connectivity index (χ0) is 14.1. The lowest BCUT2D eigenvalue weighted by Gasteiger charge is -2.12. The smallest absolute Gasteiger partial charge is 0.255 e. The SMILES string of the molecule is COCCOc1ccccc1C(=O)NCCC(C)N.Cl.